The van der Waals surface area contributed by atoms with E-state index in [4.69, 9.17) is 16.3 Å². The minimum absolute atomic E-state index is 0.173. The van der Waals surface area contributed by atoms with Crippen molar-refractivity contribution >= 4 is 46.1 Å². The van der Waals surface area contributed by atoms with Gasteiger partial charge in [0.1, 0.15) is 30.1 Å². The van der Waals surface area contributed by atoms with Gasteiger partial charge in [-0.25, -0.2) is 4.39 Å². The van der Waals surface area contributed by atoms with Crippen LogP contribution in [0.15, 0.2) is 24.3 Å². The summed E-state index contributed by atoms with van der Waals surface area (Å²) in [5.74, 6) is -3.43. The highest BCUT2D eigenvalue weighted by Crippen LogP contribution is 2.29. The molecule has 2 amide bonds. The maximum atomic E-state index is 13.1. The van der Waals surface area contributed by atoms with Crippen molar-refractivity contribution in [2.75, 3.05) is 6.67 Å². The molecular formula is C24H31ClFN3O5. The molecule has 0 saturated carbocycles. The number of halogens is 2. The second kappa shape index (κ2) is 11.0. The van der Waals surface area contributed by atoms with Gasteiger partial charge in [0.05, 0.1) is 11.4 Å². The molecule has 1 aromatic carbocycles. The lowest BCUT2D eigenvalue weighted by Crippen LogP contribution is -2.54. The van der Waals surface area contributed by atoms with Crippen LogP contribution in [0.2, 0.25) is 5.02 Å². The molecule has 1 aromatic heterocycles. The number of Topliss-reactive ketones (excluding diaryl/α,β-unsaturated/α-hetero) is 1. The fraction of sp³-hybridized carbons (Fsp3) is 0.500. The number of hydrogen-bond acceptors (Lipinski definition) is 5. The molecule has 0 aliphatic heterocycles. The van der Waals surface area contributed by atoms with Gasteiger partial charge < -0.3 is 19.9 Å². The third-order valence-corrected chi connectivity index (χ3v) is 5.51. The summed E-state index contributed by atoms with van der Waals surface area (Å²) in [5.41, 5.74) is 0.108. The van der Waals surface area contributed by atoms with Crippen LogP contribution in [0, 0.1) is 5.92 Å². The zero-order valence-corrected chi connectivity index (χ0v) is 21.0. The molecule has 0 aliphatic rings. The number of alkyl halides is 1. The van der Waals surface area contributed by atoms with E-state index in [1.165, 1.54) is 0 Å². The molecule has 0 aliphatic carbocycles. The minimum atomic E-state index is -1.42. The number of carbonyl (C=O) groups is 4. The first-order valence-electron chi connectivity index (χ1n) is 10.9. The Bertz CT molecular complexity index is 1050. The van der Waals surface area contributed by atoms with Gasteiger partial charge in [-0.1, -0.05) is 43.6 Å². The SMILES string of the molecule is CC(C)C(NC(=O)c1c(Cl)c2ccccc2n1C)C(=O)NC(CC(=O)OC(C)(C)C)C(=O)CF. The van der Waals surface area contributed by atoms with Crippen LogP contribution in [-0.4, -0.2) is 52.5 Å². The first kappa shape index (κ1) is 27.3. The predicted octanol–water partition coefficient (Wildman–Crippen LogP) is 3.34. The van der Waals surface area contributed by atoms with Crippen molar-refractivity contribution in [1.29, 1.82) is 0 Å². The van der Waals surface area contributed by atoms with Gasteiger partial charge in [0.25, 0.3) is 5.91 Å². The number of esters is 1. The Balaban J connectivity index is 2.23. The molecule has 2 N–H and O–H groups in total. The van der Waals surface area contributed by atoms with Crippen LogP contribution in [0.25, 0.3) is 10.9 Å². The number of nitrogens with one attached hydrogen (secondary N) is 2. The second-order valence-electron chi connectivity index (χ2n) is 9.39. The number of benzene rings is 1. The fourth-order valence-electron chi connectivity index (χ4n) is 3.49. The molecule has 10 heteroatoms. The number of para-hydroxylation sites is 1. The second-order valence-corrected chi connectivity index (χ2v) is 9.76. The lowest BCUT2D eigenvalue weighted by molar-refractivity contribution is -0.156. The molecule has 1 heterocycles. The highest BCUT2D eigenvalue weighted by molar-refractivity contribution is 6.38. The lowest BCUT2D eigenvalue weighted by atomic mass is 10.0. The standard InChI is InChI=1S/C24H31ClFN3O5/c1-13(2)20(22(32)27-15(17(30)12-26)11-18(31)34-24(3,4)5)28-23(33)21-19(25)14-9-7-8-10-16(14)29(21)6/h7-10,13,15,20H,11-12H2,1-6H3,(H,27,32)(H,28,33). The van der Waals surface area contributed by atoms with Crippen LogP contribution < -0.4 is 10.6 Å². The third kappa shape index (κ3) is 6.56. The smallest absolute Gasteiger partial charge is 0.308 e. The average molecular weight is 496 g/mol. The van der Waals surface area contributed by atoms with E-state index < -0.39 is 54.3 Å². The number of carbonyl (C=O) groups excluding carboxylic acids is 4. The van der Waals surface area contributed by atoms with Crippen LogP contribution in [0.3, 0.4) is 0 Å². The van der Waals surface area contributed by atoms with Crippen molar-refractivity contribution in [2.24, 2.45) is 13.0 Å². The Labute approximate surface area is 203 Å². The van der Waals surface area contributed by atoms with Gasteiger partial charge in [-0.3, -0.25) is 19.2 Å². The van der Waals surface area contributed by atoms with E-state index in [2.05, 4.69) is 10.6 Å². The van der Waals surface area contributed by atoms with Gasteiger partial charge in [-0.2, -0.15) is 0 Å². The first-order valence-corrected chi connectivity index (χ1v) is 11.3. The first-order chi connectivity index (χ1) is 15.8. The third-order valence-electron chi connectivity index (χ3n) is 5.12. The molecule has 0 saturated heterocycles. The molecule has 34 heavy (non-hydrogen) atoms. The zero-order valence-electron chi connectivity index (χ0n) is 20.2. The number of fused-ring (bicyclic) bond motifs is 1. The summed E-state index contributed by atoms with van der Waals surface area (Å²) in [7, 11) is 1.68. The predicted molar refractivity (Wildman–Crippen MR) is 127 cm³/mol. The molecule has 8 nitrogen and oxygen atoms in total. The van der Waals surface area contributed by atoms with E-state index in [9.17, 15) is 23.6 Å². The largest absolute Gasteiger partial charge is 0.460 e. The average Bonchev–Trinajstić information content (AvgIpc) is 2.99. The Hall–Kier alpha value is -2.94. The molecule has 0 spiro atoms. The van der Waals surface area contributed by atoms with E-state index >= 15 is 0 Å². The quantitative estimate of drug-likeness (QED) is 0.519. The number of rotatable bonds is 9. The molecule has 2 aromatic rings. The number of nitrogens with zero attached hydrogens (tertiary/aromatic N) is 1. The van der Waals surface area contributed by atoms with Gasteiger partial charge in [-0.15, -0.1) is 0 Å². The maximum Gasteiger partial charge on any atom is 0.308 e. The van der Waals surface area contributed by atoms with Crippen molar-refractivity contribution in [3.8, 4) is 0 Å². The number of amides is 2. The summed E-state index contributed by atoms with van der Waals surface area (Å²) in [6.45, 7) is 6.99. The Kier molecular flexibility index (Phi) is 8.83. The molecule has 0 radical (unpaired) electrons. The van der Waals surface area contributed by atoms with Crippen LogP contribution in [-0.2, 0) is 26.2 Å². The highest BCUT2D eigenvalue weighted by atomic mass is 35.5. The van der Waals surface area contributed by atoms with Crippen LogP contribution in [0.5, 0.6) is 0 Å². The normalized spacial score (nSPS) is 13.4. The van der Waals surface area contributed by atoms with E-state index in [-0.39, 0.29) is 16.6 Å². The summed E-state index contributed by atoms with van der Waals surface area (Å²) in [5, 5.41) is 5.98. The van der Waals surface area contributed by atoms with Crippen molar-refractivity contribution in [2.45, 2.75) is 58.7 Å². The van der Waals surface area contributed by atoms with Crippen molar-refractivity contribution in [1.82, 2.24) is 15.2 Å². The summed E-state index contributed by atoms with van der Waals surface area (Å²) < 4.78 is 19.9. The summed E-state index contributed by atoms with van der Waals surface area (Å²) in [4.78, 5) is 50.3. The van der Waals surface area contributed by atoms with Gasteiger partial charge in [0.2, 0.25) is 5.91 Å². The molecule has 0 fully saturated rings. The van der Waals surface area contributed by atoms with Crippen molar-refractivity contribution < 1.29 is 28.3 Å². The lowest BCUT2D eigenvalue weighted by Gasteiger charge is -2.25. The minimum Gasteiger partial charge on any atom is -0.460 e. The summed E-state index contributed by atoms with van der Waals surface area (Å²) in [6.07, 6.45) is -0.528. The van der Waals surface area contributed by atoms with Gasteiger partial charge >= 0.3 is 5.97 Å². The Morgan fingerprint density at radius 1 is 1.12 bits per heavy atom. The Morgan fingerprint density at radius 2 is 1.74 bits per heavy atom. The van der Waals surface area contributed by atoms with Crippen LogP contribution in [0.1, 0.15) is 51.5 Å². The molecule has 2 unspecified atom stereocenters. The topological polar surface area (TPSA) is 106 Å². The van der Waals surface area contributed by atoms with E-state index in [1.54, 1.807) is 58.4 Å². The van der Waals surface area contributed by atoms with Gasteiger partial charge in [0.15, 0.2) is 5.78 Å². The fourth-order valence-corrected chi connectivity index (χ4v) is 3.87. The van der Waals surface area contributed by atoms with Crippen LogP contribution >= 0.6 is 11.6 Å². The summed E-state index contributed by atoms with van der Waals surface area (Å²) in [6, 6.07) is 4.71. The number of aromatic nitrogens is 1. The highest BCUT2D eigenvalue weighted by Gasteiger charge is 2.32. The van der Waals surface area contributed by atoms with E-state index in [0.717, 1.165) is 5.52 Å². The number of aryl methyl sites for hydroxylation is 1. The molecular weight excluding hydrogens is 465 g/mol. The van der Waals surface area contributed by atoms with E-state index in [1.807, 2.05) is 12.1 Å². The number of ketones is 1. The zero-order chi connectivity index (χ0) is 25.8. The van der Waals surface area contributed by atoms with Crippen molar-refractivity contribution in [3.05, 3.63) is 35.0 Å². The monoisotopic (exact) mass is 495 g/mol. The molecule has 186 valence electrons. The molecule has 2 atom stereocenters. The Morgan fingerprint density at radius 3 is 2.26 bits per heavy atom. The van der Waals surface area contributed by atoms with Gasteiger partial charge in [-0.05, 0) is 32.8 Å². The van der Waals surface area contributed by atoms with Crippen LogP contribution in [0.4, 0.5) is 4.39 Å². The molecule has 2 rings (SSSR count). The number of hydrogen-bond donors (Lipinski definition) is 2. The molecule has 0 bridgehead atoms. The summed E-state index contributed by atoms with van der Waals surface area (Å²) >= 11 is 6.43. The number of ether oxygens (including phenoxy) is 1. The van der Waals surface area contributed by atoms with Crippen molar-refractivity contribution in [3.63, 3.8) is 0 Å². The van der Waals surface area contributed by atoms with Gasteiger partial charge in [0, 0.05) is 18.0 Å². The van der Waals surface area contributed by atoms with E-state index in [0.29, 0.717) is 5.39 Å². The maximum absolute atomic E-state index is 13.1.